The summed E-state index contributed by atoms with van der Waals surface area (Å²) in [7, 11) is 2.08. The molecule has 2 saturated heterocycles. The van der Waals surface area contributed by atoms with Crippen LogP contribution in [0, 0.1) is 6.92 Å². The van der Waals surface area contributed by atoms with Crippen molar-refractivity contribution in [3.8, 4) is 5.75 Å². The number of carbonyl (C=O) groups excluding carboxylic acids is 1. The van der Waals surface area contributed by atoms with Gasteiger partial charge in [-0.1, -0.05) is 11.6 Å². The van der Waals surface area contributed by atoms with Crippen LogP contribution in [-0.4, -0.2) is 80.8 Å². The van der Waals surface area contributed by atoms with Crippen molar-refractivity contribution in [2.75, 3.05) is 59.5 Å². The molecule has 144 valence electrons. The molecule has 1 amide bonds. The molecule has 2 aliphatic rings. The highest BCUT2D eigenvalue weighted by molar-refractivity contribution is 6.31. The molecule has 6 nitrogen and oxygen atoms in total. The highest BCUT2D eigenvalue weighted by atomic mass is 35.5. The van der Waals surface area contributed by atoms with Crippen LogP contribution in [-0.2, 0) is 9.53 Å². The second-order valence-corrected chi connectivity index (χ2v) is 7.68. The van der Waals surface area contributed by atoms with E-state index >= 15 is 0 Å². The molecule has 7 heteroatoms. The van der Waals surface area contributed by atoms with Crippen molar-refractivity contribution in [3.63, 3.8) is 0 Å². The van der Waals surface area contributed by atoms with Gasteiger partial charge in [-0.05, 0) is 37.7 Å². The van der Waals surface area contributed by atoms with Gasteiger partial charge in [0.25, 0.3) is 0 Å². The van der Waals surface area contributed by atoms with E-state index in [4.69, 9.17) is 21.1 Å². The average molecular weight is 382 g/mol. The largest absolute Gasteiger partial charge is 0.491 e. The number of benzene rings is 1. The molecular weight excluding hydrogens is 354 g/mol. The molecule has 0 aliphatic carbocycles. The van der Waals surface area contributed by atoms with Crippen LogP contribution >= 0.6 is 11.6 Å². The van der Waals surface area contributed by atoms with E-state index in [1.807, 2.05) is 30.0 Å². The first-order valence-electron chi connectivity index (χ1n) is 9.17. The van der Waals surface area contributed by atoms with Gasteiger partial charge < -0.3 is 24.6 Å². The summed E-state index contributed by atoms with van der Waals surface area (Å²) in [5.41, 5.74) is 0.334. The second-order valence-electron chi connectivity index (χ2n) is 7.27. The van der Waals surface area contributed by atoms with Crippen LogP contribution in [0.25, 0.3) is 0 Å². The topological polar surface area (TPSA) is 54.0 Å². The van der Waals surface area contributed by atoms with E-state index in [9.17, 15) is 4.79 Å². The van der Waals surface area contributed by atoms with Crippen molar-refractivity contribution in [2.45, 2.75) is 18.9 Å². The van der Waals surface area contributed by atoms with Gasteiger partial charge in [-0.25, -0.2) is 0 Å². The van der Waals surface area contributed by atoms with E-state index in [1.165, 1.54) is 0 Å². The number of hydrogen-bond donors (Lipinski definition) is 1. The molecule has 1 atom stereocenters. The Labute approximate surface area is 160 Å². The Balaban J connectivity index is 1.64. The normalized spacial score (nSPS) is 24.5. The standard InChI is InChI=1S/C19H28ClN3O3/c1-15-11-16(3-4-17(15)20)25-14-19(13-21-5-10-26-19)12-18(24)23-8-6-22(2)7-9-23/h3-4,11,21H,5-10,12-14H2,1-2H3/t19-/m0/s1. The van der Waals surface area contributed by atoms with Crippen molar-refractivity contribution in [1.29, 1.82) is 0 Å². The number of likely N-dealkylation sites (N-methyl/N-ethyl adjacent to an activating group) is 1. The van der Waals surface area contributed by atoms with Gasteiger partial charge in [0.2, 0.25) is 5.91 Å². The first-order chi connectivity index (χ1) is 12.5. The average Bonchev–Trinajstić information content (AvgIpc) is 2.64. The summed E-state index contributed by atoms with van der Waals surface area (Å²) >= 11 is 6.08. The molecule has 0 unspecified atom stereocenters. The first-order valence-corrected chi connectivity index (χ1v) is 9.55. The molecule has 3 rings (SSSR count). The number of piperazine rings is 1. The monoisotopic (exact) mass is 381 g/mol. The number of carbonyl (C=O) groups is 1. The van der Waals surface area contributed by atoms with E-state index in [2.05, 4.69) is 17.3 Å². The maximum absolute atomic E-state index is 12.8. The van der Waals surface area contributed by atoms with E-state index in [0.29, 0.717) is 31.2 Å². The van der Waals surface area contributed by atoms with Gasteiger partial charge >= 0.3 is 0 Å². The summed E-state index contributed by atoms with van der Waals surface area (Å²) in [4.78, 5) is 17.0. The Morgan fingerprint density at radius 2 is 2.12 bits per heavy atom. The molecule has 2 heterocycles. The number of halogens is 1. The van der Waals surface area contributed by atoms with Crippen LogP contribution in [0.1, 0.15) is 12.0 Å². The molecule has 1 N–H and O–H groups in total. The lowest BCUT2D eigenvalue weighted by Crippen LogP contribution is -2.57. The highest BCUT2D eigenvalue weighted by Gasteiger charge is 2.38. The summed E-state index contributed by atoms with van der Waals surface area (Å²) in [6, 6.07) is 5.59. The van der Waals surface area contributed by atoms with Gasteiger partial charge in [-0.3, -0.25) is 4.79 Å². The summed E-state index contributed by atoms with van der Waals surface area (Å²) in [5.74, 6) is 0.880. The predicted octanol–water partition coefficient (Wildman–Crippen LogP) is 1.55. The van der Waals surface area contributed by atoms with Crippen molar-refractivity contribution in [1.82, 2.24) is 15.1 Å². The Bertz CT molecular complexity index is 626. The van der Waals surface area contributed by atoms with Crippen molar-refractivity contribution >= 4 is 17.5 Å². The van der Waals surface area contributed by atoms with Crippen molar-refractivity contribution < 1.29 is 14.3 Å². The van der Waals surface area contributed by atoms with E-state index in [1.54, 1.807) is 0 Å². The lowest BCUT2D eigenvalue weighted by Gasteiger charge is -2.39. The predicted molar refractivity (Wildman–Crippen MR) is 102 cm³/mol. The fourth-order valence-electron chi connectivity index (χ4n) is 3.33. The number of nitrogens with zero attached hydrogens (tertiary/aromatic N) is 2. The number of ether oxygens (including phenoxy) is 2. The summed E-state index contributed by atoms with van der Waals surface area (Å²) < 4.78 is 12.0. The molecule has 0 spiro atoms. The minimum Gasteiger partial charge on any atom is -0.491 e. The number of nitrogens with one attached hydrogen (secondary N) is 1. The third-order valence-corrected chi connectivity index (χ3v) is 5.52. The molecule has 0 aromatic heterocycles. The molecular formula is C19H28ClN3O3. The third kappa shape index (κ3) is 4.88. The summed E-state index contributed by atoms with van der Waals surface area (Å²) in [5, 5.41) is 4.06. The van der Waals surface area contributed by atoms with Gasteiger partial charge in [-0.2, -0.15) is 0 Å². The maximum atomic E-state index is 12.8. The Hall–Kier alpha value is -1.34. The zero-order valence-electron chi connectivity index (χ0n) is 15.6. The second kappa shape index (κ2) is 8.57. The summed E-state index contributed by atoms with van der Waals surface area (Å²) in [6.45, 7) is 7.65. The van der Waals surface area contributed by atoms with Gasteiger partial charge in [0, 0.05) is 44.3 Å². The fourth-order valence-corrected chi connectivity index (χ4v) is 3.45. The third-order valence-electron chi connectivity index (χ3n) is 5.09. The van der Waals surface area contributed by atoms with Gasteiger partial charge in [-0.15, -0.1) is 0 Å². The van der Waals surface area contributed by atoms with Crippen LogP contribution < -0.4 is 10.1 Å². The quantitative estimate of drug-likeness (QED) is 0.838. The Morgan fingerprint density at radius 3 is 2.77 bits per heavy atom. The number of hydrogen-bond acceptors (Lipinski definition) is 5. The van der Waals surface area contributed by atoms with E-state index < -0.39 is 5.60 Å². The zero-order valence-corrected chi connectivity index (χ0v) is 16.3. The number of aryl methyl sites for hydroxylation is 1. The van der Waals surface area contributed by atoms with Crippen LogP contribution in [0.4, 0.5) is 0 Å². The summed E-state index contributed by atoms with van der Waals surface area (Å²) in [6.07, 6.45) is 0.330. The smallest absolute Gasteiger partial charge is 0.225 e. The fraction of sp³-hybridized carbons (Fsp3) is 0.632. The Morgan fingerprint density at radius 1 is 1.35 bits per heavy atom. The SMILES string of the molecule is Cc1cc(OC[C@]2(CC(=O)N3CCN(C)CC3)CNCCO2)ccc1Cl. The lowest BCUT2D eigenvalue weighted by molar-refractivity contribution is -0.147. The zero-order chi connectivity index (χ0) is 18.6. The number of rotatable bonds is 5. The van der Waals surface area contributed by atoms with Crippen LogP contribution in [0.2, 0.25) is 5.02 Å². The molecule has 26 heavy (non-hydrogen) atoms. The van der Waals surface area contributed by atoms with Gasteiger partial charge in [0.15, 0.2) is 0 Å². The van der Waals surface area contributed by atoms with Crippen LogP contribution in [0.5, 0.6) is 5.75 Å². The number of amides is 1. The van der Waals surface area contributed by atoms with Crippen molar-refractivity contribution in [3.05, 3.63) is 28.8 Å². The van der Waals surface area contributed by atoms with Crippen LogP contribution in [0.15, 0.2) is 18.2 Å². The van der Waals surface area contributed by atoms with Gasteiger partial charge in [0.05, 0.1) is 13.0 Å². The molecule has 2 aliphatic heterocycles. The molecule has 1 aromatic rings. The molecule has 0 radical (unpaired) electrons. The molecule has 0 bridgehead atoms. The van der Waals surface area contributed by atoms with E-state index in [0.717, 1.165) is 44.0 Å². The first kappa shape index (κ1) is 19.4. The lowest BCUT2D eigenvalue weighted by atomic mass is 9.97. The molecule has 1 aromatic carbocycles. The molecule has 2 fully saturated rings. The minimum atomic E-state index is -0.633. The van der Waals surface area contributed by atoms with Gasteiger partial charge in [0.1, 0.15) is 18.0 Å². The molecule has 0 saturated carbocycles. The number of morpholine rings is 1. The maximum Gasteiger partial charge on any atom is 0.225 e. The van der Waals surface area contributed by atoms with Crippen molar-refractivity contribution in [2.24, 2.45) is 0 Å². The minimum absolute atomic E-state index is 0.137. The van der Waals surface area contributed by atoms with E-state index in [-0.39, 0.29) is 5.91 Å². The highest BCUT2D eigenvalue weighted by Crippen LogP contribution is 2.25. The van der Waals surface area contributed by atoms with Crippen LogP contribution in [0.3, 0.4) is 0 Å². The Kier molecular flexibility index (Phi) is 6.40.